The minimum absolute atomic E-state index is 0. The molecule has 2 aliphatic rings. The molecule has 0 unspecified atom stereocenters. The first-order valence-corrected chi connectivity index (χ1v) is 25.5. The molecule has 5 heterocycles. The molecule has 7 aromatic rings. The fourth-order valence-corrected chi connectivity index (χ4v) is 10.1. The van der Waals surface area contributed by atoms with E-state index in [-0.39, 0.29) is 39.8 Å². The van der Waals surface area contributed by atoms with Gasteiger partial charge in [0.05, 0.1) is 22.8 Å². The summed E-state index contributed by atoms with van der Waals surface area (Å²) in [6.45, 7) is -5.31. The summed E-state index contributed by atoms with van der Waals surface area (Å²) in [5.74, 6) is -10.3. The number of carboxylic acid groups (broad SMARTS) is 8. The normalized spacial score (nSPS) is 11.3. The van der Waals surface area contributed by atoms with E-state index in [0.29, 0.717) is 89.4 Å². The molecule has 4 aromatic carbocycles. The van der Waals surface area contributed by atoms with Crippen molar-refractivity contribution in [1.82, 2.24) is 19.9 Å². The van der Waals surface area contributed by atoms with E-state index in [0.717, 1.165) is 0 Å². The van der Waals surface area contributed by atoms with Crippen LogP contribution in [0.1, 0.15) is 22.8 Å². The number of carboxylic acids is 8. The van der Waals surface area contributed by atoms with Crippen LogP contribution in [0, 0.1) is 0 Å². The number of hydrogen-bond donors (Lipinski definition) is 10. The maximum absolute atomic E-state index is 12.1. The zero-order chi connectivity index (χ0) is 59.9. The first kappa shape index (κ1) is 60.1. The van der Waals surface area contributed by atoms with Crippen molar-refractivity contribution in [2.75, 3.05) is 72.0 Å². The molecule has 433 valence electrons. The first-order chi connectivity index (χ1) is 40.2. The molecule has 8 bridgehead atoms. The zero-order valence-electron chi connectivity index (χ0n) is 44.4. The van der Waals surface area contributed by atoms with Crippen LogP contribution in [0.25, 0.3) is 90.9 Å². The maximum atomic E-state index is 12.1. The van der Waals surface area contributed by atoms with Crippen molar-refractivity contribution >= 4 is 117 Å². The molecule has 85 heavy (non-hydrogen) atoms. The second kappa shape index (κ2) is 25.8. The van der Waals surface area contributed by atoms with E-state index < -0.39 is 100 Å². The summed E-state index contributed by atoms with van der Waals surface area (Å²) in [5, 5.41) is 78.8. The van der Waals surface area contributed by atoms with Crippen LogP contribution >= 0.6 is 0 Å². The average molecular weight is 1190 g/mol. The summed E-state index contributed by atoms with van der Waals surface area (Å²) in [6, 6.07) is 33.1. The Balaban J connectivity index is 0.00000940. The molecule has 0 fully saturated rings. The smallest absolute Gasteiger partial charge is 0.323 e. The number of anilines is 4. The summed E-state index contributed by atoms with van der Waals surface area (Å²) in [4.78, 5) is 119. The third-order valence-electron chi connectivity index (χ3n) is 13.4. The number of nitrogens with one attached hydrogen (secondary N) is 2. The van der Waals surface area contributed by atoms with Crippen molar-refractivity contribution in [2.45, 2.75) is 0 Å². The van der Waals surface area contributed by atoms with Gasteiger partial charge in [0.2, 0.25) is 0 Å². The van der Waals surface area contributed by atoms with Gasteiger partial charge in [-0.05, 0) is 119 Å². The van der Waals surface area contributed by atoms with E-state index in [1.54, 1.807) is 146 Å². The Hall–Kier alpha value is -11.0. The number of aromatic nitrogens is 4. The third-order valence-corrected chi connectivity index (χ3v) is 13.4. The molecular weight excluding hydrogens is 1140 g/mol. The molecule has 2 aliphatic heterocycles. The van der Waals surface area contributed by atoms with Crippen molar-refractivity contribution in [1.29, 1.82) is 0 Å². The maximum Gasteiger partial charge on any atom is 0.323 e. The van der Waals surface area contributed by atoms with Crippen molar-refractivity contribution in [2.24, 2.45) is 0 Å². The zero-order valence-corrected chi connectivity index (χ0v) is 45.6. The van der Waals surface area contributed by atoms with E-state index in [9.17, 15) is 79.2 Å². The Morgan fingerprint density at radius 2 is 0.494 bits per heavy atom. The Kier molecular flexibility index (Phi) is 18.2. The number of rotatable bonds is 24. The fraction of sp³-hybridized carbons (Fsp3) is 0.133. The van der Waals surface area contributed by atoms with Crippen LogP contribution in [-0.2, 0) is 55.4 Å². The van der Waals surface area contributed by atoms with Gasteiger partial charge in [0.25, 0.3) is 0 Å². The molecule has 0 saturated carbocycles. The van der Waals surface area contributed by atoms with Gasteiger partial charge < -0.3 is 70.4 Å². The van der Waals surface area contributed by atoms with Crippen LogP contribution in [0.4, 0.5) is 22.7 Å². The molecule has 0 aliphatic carbocycles. The van der Waals surface area contributed by atoms with Crippen molar-refractivity contribution in [3.63, 3.8) is 0 Å². The van der Waals surface area contributed by atoms with Gasteiger partial charge in [-0.2, -0.15) is 0 Å². The topological polar surface area (TPSA) is 369 Å². The van der Waals surface area contributed by atoms with Crippen molar-refractivity contribution < 1.29 is 96.3 Å². The van der Waals surface area contributed by atoms with E-state index in [4.69, 9.17) is 9.97 Å². The second-order valence-corrected chi connectivity index (χ2v) is 19.3. The van der Waals surface area contributed by atoms with Gasteiger partial charge >= 0.3 is 47.8 Å². The summed E-state index contributed by atoms with van der Waals surface area (Å²) >= 11 is 0. The van der Waals surface area contributed by atoms with E-state index >= 15 is 0 Å². The van der Waals surface area contributed by atoms with Gasteiger partial charge in [-0.3, -0.25) is 38.4 Å². The standard InChI is InChI=1S/C60H50N8O16.Mn/c69-49(70)25-65(26-50(71)72)37-9-1-5-33(21-37)57-41-13-15-43(61-41)58(34-6-2-10-38(22-34)66(27-51(73)74)28-52(75)76)45-17-19-47(63-45)60(36-8-4-12-40(24-36)68(31-55(81)82)32-56(83)84)48-20-18-46(64-48)59(44-16-14-42(57)62-44)35-7-3-11-39(23-35)67(29-53(77)78)30-54(79)80;/h1-24,61,64H,25-32H2,(H,69,70)(H,71,72)(H,73,74)(H,75,76)(H,77,78)(H,79,80)(H,81,82)(H,83,84);. The van der Waals surface area contributed by atoms with Gasteiger partial charge in [-0.1, -0.05) is 48.5 Å². The predicted molar refractivity (Wildman–Crippen MR) is 311 cm³/mol. The predicted octanol–water partition coefficient (Wildman–Crippen LogP) is 7.22. The summed E-state index contributed by atoms with van der Waals surface area (Å²) in [6.07, 6.45) is 6.88. The number of aliphatic carboxylic acids is 8. The first-order valence-electron chi connectivity index (χ1n) is 25.5. The van der Waals surface area contributed by atoms with Gasteiger partial charge in [0.15, 0.2) is 0 Å². The molecule has 24 nitrogen and oxygen atoms in total. The molecular formula is C60H50MnN8O16. The van der Waals surface area contributed by atoms with Crippen LogP contribution in [0.2, 0.25) is 0 Å². The summed E-state index contributed by atoms with van der Waals surface area (Å²) < 4.78 is 0. The monoisotopic (exact) mass is 1190 g/mol. The van der Waals surface area contributed by atoms with Gasteiger partial charge in [-0.25, -0.2) is 9.97 Å². The van der Waals surface area contributed by atoms with Crippen LogP contribution < -0.4 is 19.6 Å². The molecule has 0 saturated heterocycles. The van der Waals surface area contributed by atoms with Gasteiger partial charge in [0, 0.05) is 84.1 Å². The Morgan fingerprint density at radius 3 is 0.671 bits per heavy atom. The molecule has 10 N–H and O–H groups in total. The fourth-order valence-electron chi connectivity index (χ4n) is 10.1. The quantitative estimate of drug-likeness (QED) is 0.0267. The van der Waals surface area contributed by atoms with Crippen molar-refractivity contribution in [3.05, 3.63) is 144 Å². The second-order valence-electron chi connectivity index (χ2n) is 19.3. The van der Waals surface area contributed by atoms with Crippen LogP contribution in [0.5, 0.6) is 0 Å². The Morgan fingerprint density at radius 1 is 0.306 bits per heavy atom. The molecule has 25 heteroatoms. The largest absolute Gasteiger partial charge is 0.480 e. The minimum Gasteiger partial charge on any atom is -0.480 e. The molecule has 3 aromatic heterocycles. The number of aromatic amines is 2. The van der Waals surface area contributed by atoms with E-state index in [2.05, 4.69) is 9.97 Å². The van der Waals surface area contributed by atoms with Crippen molar-refractivity contribution in [3.8, 4) is 44.5 Å². The molecule has 0 spiro atoms. The summed E-state index contributed by atoms with van der Waals surface area (Å²) in [7, 11) is 0. The number of nitrogens with zero attached hydrogens (tertiary/aromatic N) is 6. The average Bonchev–Trinajstić information content (AvgIpc) is 3.47. The summed E-state index contributed by atoms with van der Waals surface area (Å²) in [5.41, 5.74) is 7.43. The molecule has 0 atom stereocenters. The number of H-pyrrole nitrogens is 2. The SMILES string of the molecule is O=C(O)CN(CC(=O)O)c1cccc(-c2c3nc(c(-c4cccc(N(CC(=O)O)CC(=O)O)c4)c4ccc([nH]4)c(-c4cccc(N(CC(=O)O)CC(=O)O)c4)c4nc(c(-c5cccc(N(CC(=O)O)CC(=O)O)c5)c5ccc2[nH]5)C=C4)C=C3)c1.[Mn]. The number of hydrogen-bond acceptors (Lipinski definition) is 14. The number of fused-ring (bicyclic) bond motifs is 8. The molecule has 0 amide bonds. The minimum atomic E-state index is -1.29. The van der Waals surface area contributed by atoms with Gasteiger partial charge in [-0.15, -0.1) is 0 Å². The van der Waals surface area contributed by atoms with E-state index in [1.165, 1.54) is 19.6 Å². The third kappa shape index (κ3) is 14.2. The Bertz CT molecular complexity index is 3530. The number of carbonyl (C=O) groups is 8. The molecule has 9 rings (SSSR count). The van der Waals surface area contributed by atoms with Gasteiger partial charge in [0.1, 0.15) is 52.4 Å². The number of benzene rings is 4. The van der Waals surface area contributed by atoms with Crippen LogP contribution in [-0.4, -0.2) is 161 Å². The van der Waals surface area contributed by atoms with E-state index in [1.807, 2.05) is 0 Å². The molecule has 1 radical (unpaired) electrons. The van der Waals surface area contributed by atoms with Crippen LogP contribution in [0.15, 0.2) is 121 Å². The van der Waals surface area contributed by atoms with Crippen LogP contribution in [0.3, 0.4) is 0 Å². The Labute approximate surface area is 491 Å².